The zero-order valence-electron chi connectivity index (χ0n) is 29.4. The summed E-state index contributed by atoms with van der Waals surface area (Å²) >= 11 is 0. The average Bonchev–Trinajstić information content (AvgIpc) is 3.02. The quantitative estimate of drug-likeness (QED) is 0.0407. The van der Waals surface area contributed by atoms with Gasteiger partial charge in [-0.1, -0.05) is 148 Å². The highest BCUT2D eigenvalue weighted by molar-refractivity contribution is 5.70. The lowest BCUT2D eigenvalue weighted by molar-refractivity contribution is -0.163. The highest BCUT2D eigenvalue weighted by Gasteiger charge is 2.17. The van der Waals surface area contributed by atoms with Crippen molar-refractivity contribution in [3.8, 4) is 0 Å². The van der Waals surface area contributed by atoms with Gasteiger partial charge in [0.25, 0.3) is 0 Å². The van der Waals surface area contributed by atoms with Crippen LogP contribution in [-0.4, -0.2) is 37.9 Å². The van der Waals surface area contributed by atoms with Crippen molar-refractivity contribution in [1.29, 1.82) is 0 Å². The van der Waals surface area contributed by atoms with E-state index in [-0.39, 0.29) is 25.2 Å². The molecule has 1 unspecified atom stereocenters. The highest BCUT2D eigenvalue weighted by atomic mass is 16.6. The largest absolute Gasteiger partial charge is 0.462 e. The molecule has 258 valence electrons. The molecular formula is C39H72O5. The van der Waals surface area contributed by atoms with Gasteiger partial charge in [-0.25, -0.2) is 0 Å². The van der Waals surface area contributed by atoms with E-state index >= 15 is 0 Å². The molecule has 0 spiro atoms. The van der Waals surface area contributed by atoms with Gasteiger partial charge in [0.15, 0.2) is 6.10 Å². The molecule has 0 amide bonds. The number of rotatable bonds is 34. The number of carbonyl (C=O) groups excluding carboxylic acids is 2. The van der Waals surface area contributed by atoms with E-state index in [0.717, 1.165) is 57.8 Å². The first-order chi connectivity index (χ1) is 21.6. The van der Waals surface area contributed by atoms with Gasteiger partial charge in [-0.2, -0.15) is 0 Å². The Morgan fingerprint density at radius 2 is 0.955 bits per heavy atom. The van der Waals surface area contributed by atoms with E-state index in [4.69, 9.17) is 14.2 Å². The summed E-state index contributed by atoms with van der Waals surface area (Å²) in [5, 5.41) is 0. The minimum Gasteiger partial charge on any atom is -0.462 e. The fourth-order valence-electron chi connectivity index (χ4n) is 5.13. The molecule has 0 bridgehead atoms. The molecule has 5 nitrogen and oxygen atoms in total. The van der Waals surface area contributed by atoms with Crippen LogP contribution in [0.2, 0.25) is 0 Å². The number of allylic oxidation sites excluding steroid dienone is 4. The van der Waals surface area contributed by atoms with Crippen molar-refractivity contribution < 1.29 is 23.8 Å². The standard InChI is InChI=1S/C39H72O5/c1-4-7-10-13-14-15-16-17-18-19-20-21-22-23-24-25-28-31-34-42-35-37(44-39(41)33-30-27-12-9-6-3)36-43-38(40)32-29-26-11-8-5-2/h14-15,17-18,37H,4-13,16,19-36H2,1-3H3/b15-14-,18-17-. The van der Waals surface area contributed by atoms with E-state index in [1.165, 1.54) is 96.3 Å². The van der Waals surface area contributed by atoms with Gasteiger partial charge >= 0.3 is 11.9 Å². The molecule has 0 fully saturated rings. The smallest absolute Gasteiger partial charge is 0.306 e. The van der Waals surface area contributed by atoms with Crippen LogP contribution in [-0.2, 0) is 23.8 Å². The lowest BCUT2D eigenvalue weighted by Gasteiger charge is -2.18. The molecule has 0 N–H and O–H groups in total. The second-order valence-corrected chi connectivity index (χ2v) is 12.5. The molecule has 44 heavy (non-hydrogen) atoms. The molecule has 0 aromatic carbocycles. The summed E-state index contributed by atoms with van der Waals surface area (Å²) in [6, 6.07) is 0. The monoisotopic (exact) mass is 621 g/mol. The van der Waals surface area contributed by atoms with Gasteiger partial charge < -0.3 is 14.2 Å². The van der Waals surface area contributed by atoms with E-state index in [1.54, 1.807) is 0 Å². The lowest BCUT2D eigenvalue weighted by atomic mass is 10.1. The van der Waals surface area contributed by atoms with Crippen LogP contribution in [0, 0.1) is 0 Å². The summed E-state index contributed by atoms with van der Waals surface area (Å²) in [7, 11) is 0. The van der Waals surface area contributed by atoms with Crippen molar-refractivity contribution >= 4 is 11.9 Å². The molecule has 0 saturated carbocycles. The predicted octanol–water partition coefficient (Wildman–Crippen LogP) is 11.8. The number of esters is 2. The molecule has 1 atom stereocenters. The zero-order valence-corrected chi connectivity index (χ0v) is 29.4. The third-order valence-corrected chi connectivity index (χ3v) is 7.99. The minimum absolute atomic E-state index is 0.0847. The first kappa shape index (κ1) is 42.4. The first-order valence-electron chi connectivity index (χ1n) is 18.9. The van der Waals surface area contributed by atoms with Gasteiger partial charge in [0, 0.05) is 19.4 Å². The van der Waals surface area contributed by atoms with Crippen LogP contribution < -0.4 is 0 Å². The second kappa shape index (κ2) is 35.9. The molecule has 0 aliphatic rings. The molecule has 0 rings (SSSR count). The zero-order chi connectivity index (χ0) is 32.2. The Hall–Kier alpha value is -1.62. The molecule has 0 saturated heterocycles. The van der Waals surface area contributed by atoms with E-state index < -0.39 is 6.10 Å². The summed E-state index contributed by atoms with van der Waals surface area (Å²) in [5.41, 5.74) is 0. The van der Waals surface area contributed by atoms with Gasteiger partial charge in [-0.3, -0.25) is 9.59 Å². The summed E-state index contributed by atoms with van der Waals surface area (Å²) in [4.78, 5) is 24.6. The summed E-state index contributed by atoms with van der Waals surface area (Å²) in [6.07, 6.45) is 37.9. The molecule has 0 aliphatic heterocycles. The van der Waals surface area contributed by atoms with E-state index in [9.17, 15) is 9.59 Å². The van der Waals surface area contributed by atoms with Crippen LogP contribution in [0.15, 0.2) is 24.3 Å². The SMILES string of the molecule is CCCCC/C=C\C/C=C\CCCCCCCCCCOCC(COC(=O)CCCCCCC)OC(=O)CCCCCCC. The number of ether oxygens (including phenoxy) is 3. The van der Waals surface area contributed by atoms with Crippen molar-refractivity contribution in [2.24, 2.45) is 0 Å². The van der Waals surface area contributed by atoms with Crippen LogP contribution >= 0.6 is 0 Å². The van der Waals surface area contributed by atoms with Crippen molar-refractivity contribution in [2.75, 3.05) is 19.8 Å². The normalized spacial score (nSPS) is 12.3. The Morgan fingerprint density at radius 3 is 1.55 bits per heavy atom. The second-order valence-electron chi connectivity index (χ2n) is 12.5. The highest BCUT2D eigenvalue weighted by Crippen LogP contribution is 2.12. The number of carbonyl (C=O) groups is 2. The molecule has 0 heterocycles. The Morgan fingerprint density at radius 1 is 0.500 bits per heavy atom. The third kappa shape index (κ3) is 33.3. The van der Waals surface area contributed by atoms with Crippen LogP contribution in [0.25, 0.3) is 0 Å². The maximum absolute atomic E-state index is 12.4. The molecular weight excluding hydrogens is 548 g/mol. The molecule has 0 aromatic rings. The summed E-state index contributed by atoms with van der Waals surface area (Å²) in [5.74, 6) is -0.424. The maximum Gasteiger partial charge on any atom is 0.306 e. The predicted molar refractivity (Wildman–Crippen MR) is 187 cm³/mol. The number of unbranched alkanes of at least 4 members (excludes halogenated alkanes) is 19. The fourth-order valence-corrected chi connectivity index (χ4v) is 5.13. The lowest BCUT2D eigenvalue weighted by Crippen LogP contribution is -2.30. The van der Waals surface area contributed by atoms with Gasteiger partial charge in [0.1, 0.15) is 6.61 Å². The summed E-state index contributed by atoms with van der Waals surface area (Å²) < 4.78 is 17.0. The van der Waals surface area contributed by atoms with Gasteiger partial charge in [0.05, 0.1) is 6.61 Å². The Bertz CT molecular complexity index is 671. The van der Waals surface area contributed by atoms with E-state index in [1.807, 2.05) is 0 Å². The van der Waals surface area contributed by atoms with E-state index in [0.29, 0.717) is 19.4 Å². The van der Waals surface area contributed by atoms with Crippen LogP contribution in [0.1, 0.15) is 188 Å². The van der Waals surface area contributed by atoms with Gasteiger partial charge in [-0.05, 0) is 51.4 Å². The average molecular weight is 621 g/mol. The molecule has 5 heteroatoms. The van der Waals surface area contributed by atoms with Crippen molar-refractivity contribution in [3.05, 3.63) is 24.3 Å². The van der Waals surface area contributed by atoms with Crippen molar-refractivity contribution in [3.63, 3.8) is 0 Å². The van der Waals surface area contributed by atoms with Crippen LogP contribution in [0.3, 0.4) is 0 Å². The van der Waals surface area contributed by atoms with E-state index in [2.05, 4.69) is 45.1 Å². The Balaban J connectivity index is 3.96. The molecule has 0 aliphatic carbocycles. The van der Waals surface area contributed by atoms with Crippen molar-refractivity contribution in [1.82, 2.24) is 0 Å². The third-order valence-electron chi connectivity index (χ3n) is 7.99. The maximum atomic E-state index is 12.4. The number of hydrogen-bond donors (Lipinski definition) is 0. The van der Waals surface area contributed by atoms with Gasteiger partial charge in [-0.15, -0.1) is 0 Å². The molecule has 0 aromatic heterocycles. The summed E-state index contributed by atoms with van der Waals surface area (Å²) in [6.45, 7) is 7.64. The van der Waals surface area contributed by atoms with Crippen LogP contribution in [0.5, 0.6) is 0 Å². The Labute approximate surface area is 273 Å². The Kier molecular flexibility index (Phi) is 34.5. The molecule has 0 radical (unpaired) electrons. The first-order valence-corrected chi connectivity index (χ1v) is 18.9. The minimum atomic E-state index is -0.524. The van der Waals surface area contributed by atoms with Gasteiger partial charge in [0.2, 0.25) is 0 Å². The van der Waals surface area contributed by atoms with Crippen LogP contribution in [0.4, 0.5) is 0 Å². The fraction of sp³-hybridized carbons (Fsp3) is 0.846. The topological polar surface area (TPSA) is 61.8 Å². The number of hydrogen-bond acceptors (Lipinski definition) is 5. The van der Waals surface area contributed by atoms with Crippen molar-refractivity contribution in [2.45, 2.75) is 194 Å².